The lowest BCUT2D eigenvalue weighted by atomic mass is 10.0. The molecule has 0 aliphatic carbocycles. The van der Waals surface area contributed by atoms with Crippen molar-refractivity contribution in [3.05, 3.63) is 124 Å². The van der Waals surface area contributed by atoms with Crippen LogP contribution >= 0.6 is 0 Å². The number of methoxy groups -OCH3 is 1. The standard InChI is InChI=1S/C42H39N5O7/c1-26-44-33(25-53-26)13-16-52-38-21-31(42(48)49-3)19-36-41(38)46-39(47(36)23-34-14-17-50-34)22-29-10-9-28-20-37(29)51-15-5-6-27-18-32(43-2)12-11-30(27)24-54-40-8-4-7-35(28)45-40/h4,7-12,18-21,25,34H,5-6,13-17,22-24H2,1,3H3/t34-/m0/s1. The van der Waals surface area contributed by atoms with Crippen LogP contribution in [0.3, 0.4) is 0 Å². The van der Waals surface area contributed by atoms with Gasteiger partial charge in [-0.1, -0.05) is 42.0 Å². The van der Waals surface area contributed by atoms with Crippen LogP contribution in [-0.2, 0) is 41.9 Å². The van der Waals surface area contributed by atoms with Gasteiger partial charge in [0.1, 0.15) is 35.7 Å². The molecule has 12 nitrogen and oxygen atoms in total. The summed E-state index contributed by atoms with van der Waals surface area (Å²) in [5, 5.41) is 0. The van der Waals surface area contributed by atoms with E-state index in [0.29, 0.717) is 80.1 Å². The topological polar surface area (TPSA) is 124 Å². The molecule has 54 heavy (non-hydrogen) atoms. The first-order valence-electron chi connectivity index (χ1n) is 18.1. The van der Waals surface area contributed by atoms with Crippen molar-refractivity contribution >= 4 is 22.7 Å². The second-order valence-corrected chi connectivity index (χ2v) is 13.4. The van der Waals surface area contributed by atoms with E-state index >= 15 is 0 Å². The summed E-state index contributed by atoms with van der Waals surface area (Å²) in [7, 11) is 1.37. The first-order chi connectivity index (χ1) is 26.4. The Morgan fingerprint density at radius 3 is 2.72 bits per heavy atom. The van der Waals surface area contributed by atoms with Crippen molar-refractivity contribution in [2.75, 3.05) is 26.9 Å². The Balaban J connectivity index is 1.16. The summed E-state index contributed by atoms with van der Waals surface area (Å²) in [6.45, 7) is 11.7. The lowest BCUT2D eigenvalue weighted by Gasteiger charge is -2.27. The Morgan fingerprint density at radius 1 is 1.02 bits per heavy atom. The maximum Gasteiger partial charge on any atom is 0.338 e. The van der Waals surface area contributed by atoms with Crippen molar-refractivity contribution in [2.24, 2.45) is 0 Å². The molecule has 0 radical (unpaired) electrons. The normalized spacial score (nSPS) is 15.2. The quantitative estimate of drug-likeness (QED) is 0.109. The molecule has 1 fully saturated rings. The molecule has 0 N–H and O–H groups in total. The van der Waals surface area contributed by atoms with Crippen LogP contribution in [0.15, 0.2) is 77.4 Å². The molecule has 0 unspecified atom stereocenters. The van der Waals surface area contributed by atoms with E-state index < -0.39 is 5.97 Å². The fraction of sp³-hybridized carbons (Fsp3) is 0.310. The second-order valence-electron chi connectivity index (χ2n) is 13.4. The molecule has 0 saturated carbocycles. The van der Waals surface area contributed by atoms with Crippen LogP contribution in [0.5, 0.6) is 17.4 Å². The fourth-order valence-corrected chi connectivity index (χ4v) is 6.82. The molecule has 6 aromatic rings. The Hall–Kier alpha value is -6.19. The summed E-state index contributed by atoms with van der Waals surface area (Å²) >= 11 is 0. The van der Waals surface area contributed by atoms with Crippen molar-refractivity contribution in [3.8, 4) is 28.6 Å². The lowest BCUT2D eigenvalue weighted by molar-refractivity contribution is -0.0589. The molecule has 0 spiro atoms. The maximum absolute atomic E-state index is 12.9. The van der Waals surface area contributed by atoms with Crippen LogP contribution in [0, 0.1) is 13.5 Å². The largest absolute Gasteiger partial charge is 0.493 e. The number of carbonyl (C=O) groups excluding carboxylic acids is 1. The van der Waals surface area contributed by atoms with Gasteiger partial charge in [-0.3, -0.25) is 0 Å². The molecule has 12 heteroatoms. The third-order valence-electron chi connectivity index (χ3n) is 9.76. The molecule has 5 heterocycles. The number of hydrogen-bond acceptors (Lipinski definition) is 10. The SMILES string of the molecule is [C-]#[N+]c1ccc2c(c1)CCCOc1cc(ccc1Cc1nc3c(OCCc4coc(C)n4)cc(C(=O)OC)cc3n1C[C@@H]1CCO1)-c1cccc(n1)OC2. The highest BCUT2D eigenvalue weighted by molar-refractivity contribution is 5.96. The second kappa shape index (κ2) is 15.4. The van der Waals surface area contributed by atoms with Crippen LogP contribution in [0.25, 0.3) is 27.1 Å². The van der Waals surface area contributed by atoms with Crippen LogP contribution in [0.1, 0.15) is 57.3 Å². The molecule has 4 bridgehead atoms. The number of pyridine rings is 1. The number of imidazole rings is 1. The van der Waals surface area contributed by atoms with E-state index in [1.807, 2.05) is 54.6 Å². The third kappa shape index (κ3) is 7.49. The minimum atomic E-state index is -0.468. The predicted molar refractivity (Wildman–Crippen MR) is 199 cm³/mol. The molecular formula is C42H39N5O7. The Kier molecular flexibility index (Phi) is 9.96. The summed E-state index contributed by atoms with van der Waals surface area (Å²) < 4.78 is 37.5. The zero-order chi connectivity index (χ0) is 37.0. The summed E-state index contributed by atoms with van der Waals surface area (Å²) in [5.41, 5.74) is 7.81. The van der Waals surface area contributed by atoms with Gasteiger partial charge >= 0.3 is 5.97 Å². The first kappa shape index (κ1) is 34.9. The van der Waals surface area contributed by atoms with Gasteiger partial charge in [0.15, 0.2) is 11.6 Å². The van der Waals surface area contributed by atoms with Gasteiger partial charge in [-0.2, -0.15) is 0 Å². The minimum Gasteiger partial charge on any atom is -0.493 e. The molecule has 0 amide bonds. The highest BCUT2D eigenvalue weighted by Gasteiger charge is 2.25. The van der Waals surface area contributed by atoms with Gasteiger partial charge < -0.3 is 32.7 Å². The van der Waals surface area contributed by atoms with Gasteiger partial charge in [0.2, 0.25) is 5.88 Å². The van der Waals surface area contributed by atoms with Crippen LogP contribution < -0.4 is 14.2 Å². The lowest BCUT2D eigenvalue weighted by Crippen LogP contribution is -2.31. The summed E-state index contributed by atoms with van der Waals surface area (Å²) in [6.07, 6.45) is 4.99. The number of aromatic nitrogens is 4. The number of hydrogen-bond donors (Lipinski definition) is 0. The average Bonchev–Trinajstić information content (AvgIpc) is 3.75. The Labute approximate surface area is 312 Å². The number of carbonyl (C=O) groups is 1. The Bertz CT molecular complexity index is 2370. The molecule has 1 atom stereocenters. The number of oxazole rings is 1. The fourth-order valence-electron chi connectivity index (χ4n) is 6.82. The van der Waals surface area contributed by atoms with Gasteiger partial charge in [-0.15, -0.1) is 0 Å². The average molecular weight is 726 g/mol. The summed E-state index contributed by atoms with van der Waals surface area (Å²) in [4.78, 5) is 30.9. The van der Waals surface area contributed by atoms with Crippen molar-refractivity contribution in [2.45, 2.75) is 58.3 Å². The van der Waals surface area contributed by atoms with E-state index in [4.69, 9.17) is 44.6 Å². The van der Waals surface area contributed by atoms with Gasteiger partial charge in [0.25, 0.3) is 0 Å². The molecule has 1 saturated heterocycles. The molecule has 2 aliphatic rings. The first-order valence-corrected chi connectivity index (χ1v) is 18.1. The monoisotopic (exact) mass is 725 g/mol. The predicted octanol–water partition coefficient (Wildman–Crippen LogP) is 7.64. The van der Waals surface area contributed by atoms with Crippen molar-refractivity contribution in [1.82, 2.24) is 19.5 Å². The van der Waals surface area contributed by atoms with Crippen LogP contribution in [-0.4, -0.2) is 58.5 Å². The van der Waals surface area contributed by atoms with Gasteiger partial charge in [0, 0.05) is 43.6 Å². The highest BCUT2D eigenvalue weighted by atomic mass is 16.5. The van der Waals surface area contributed by atoms with E-state index in [9.17, 15) is 4.79 Å². The number of esters is 1. The van der Waals surface area contributed by atoms with Crippen molar-refractivity contribution < 1.29 is 32.9 Å². The van der Waals surface area contributed by atoms with Gasteiger partial charge in [-0.25, -0.2) is 24.6 Å². The molecule has 3 aromatic carbocycles. The van der Waals surface area contributed by atoms with E-state index in [1.54, 1.807) is 19.3 Å². The van der Waals surface area contributed by atoms with Crippen molar-refractivity contribution in [3.63, 3.8) is 0 Å². The van der Waals surface area contributed by atoms with Gasteiger partial charge in [0.05, 0.1) is 62.0 Å². The highest BCUT2D eigenvalue weighted by Crippen LogP contribution is 2.34. The number of fused-ring (bicyclic) bond motifs is 7. The third-order valence-corrected chi connectivity index (χ3v) is 9.76. The number of rotatable bonds is 9. The van der Waals surface area contributed by atoms with E-state index in [-0.39, 0.29) is 6.10 Å². The molecule has 8 rings (SSSR count). The molecule has 2 aliphatic heterocycles. The Morgan fingerprint density at radius 2 is 1.93 bits per heavy atom. The van der Waals surface area contributed by atoms with Crippen LogP contribution in [0.4, 0.5) is 5.69 Å². The van der Waals surface area contributed by atoms with Crippen molar-refractivity contribution in [1.29, 1.82) is 0 Å². The summed E-state index contributed by atoms with van der Waals surface area (Å²) in [6, 6.07) is 21.1. The molecule has 274 valence electrons. The smallest absolute Gasteiger partial charge is 0.338 e. The minimum absolute atomic E-state index is 0.0196. The van der Waals surface area contributed by atoms with E-state index in [2.05, 4.69) is 20.5 Å². The maximum atomic E-state index is 12.9. The van der Waals surface area contributed by atoms with E-state index in [1.165, 1.54) is 7.11 Å². The van der Waals surface area contributed by atoms with E-state index in [0.717, 1.165) is 70.0 Å². The number of benzene rings is 3. The van der Waals surface area contributed by atoms with Gasteiger partial charge in [-0.05, 0) is 49.1 Å². The number of nitrogens with zero attached hydrogens (tertiary/aromatic N) is 5. The number of aryl methyl sites for hydroxylation is 2. The molecule has 3 aromatic heterocycles. The molecular weight excluding hydrogens is 686 g/mol. The zero-order valence-electron chi connectivity index (χ0n) is 30.2. The zero-order valence-corrected chi connectivity index (χ0v) is 30.2. The number of ether oxygens (including phenoxy) is 5. The summed E-state index contributed by atoms with van der Waals surface area (Å²) in [5.74, 6) is 2.62. The van der Waals surface area contributed by atoms with Crippen LogP contribution in [0.2, 0.25) is 0 Å².